The molecule has 0 amide bonds. The minimum Gasteiger partial charge on any atom is -0.385 e. The molecule has 0 saturated carbocycles. The van der Waals surface area contributed by atoms with E-state index in [2.05, 4.69) is 20.8 Å². The van der Waals surface area contributed by atoms with E-state index in [9.17, 15) is 0 Å². The fourth-order valence-electron chi connectivity index (χ4n) is 1.82. The van der Waals surface area contributed by atoms with Gasteiger partial charge in [-0.1, -0.05) is 83.3 Å². The molecule has 0 fully saturated rings. The zero-order valence-corrected chi connectivity index (χ0v) is 12.7. The quantitative estimate of drug-likeness (QED) is 0.473. The second kappa shape index (κ2) is 9.29. The van der Waals surface area contributed by atoms with Crippen LogP contribution in [0.5, 0.6) is 0 Å². The van der Waals surface area contributed by atoms with E-state index in [4.69, 9.17) is 18.0 Å². The highest BCUT2D eigenvalue weighted by Gasteiger charge is 2.23. The molecule has 0 spiro atoms. The van der Waals surface area contributed by atoms with Gasteiger partial charge in [-0.2, -0.15) is 0 Å². The van der Waals surface area contributed by atoms with Crippen LogP contribution in [-0.2, 0) is 0 Å². The Morgan fingerprint density at radius 1 is 1.12 bits per heavy atom. The number of unbranched alkanes of at least 4 members (excludes halogenated alkanes) is 5. The third kappa shape index (κ3) is 8.40. The first-order chi connectivity index (χ1) is 7.54. The standard InChI is InChI=1S/C13H27NS2/c1-4-6-7-8-9-10-11-13(3,5-2)16-12(14)15/h4-11H2,1-3H3,(H2,14,15). The third-order valence-electron chi connectivity index (χ3n) is 3.15. The molecular formula is C13H27NS2. The van der Waals surface area contributed by atoms with Gasteiger partial charge in [0.2, 0.25) is 0 Å². The molecule has 0 aromatic rings. The maximum atomic E-state index is 5.62. The van der Waals surface area contributed by atoms with Crippen LogP contribution in [0.4, 0.5) is 0 Å². The van der Waals surface area contributed by atoms with Gasteiger partial charge in [0, 0.05) is 4.75 Å². The van der Waals surface area contributed by atoms with Gasteiger partial charge in [0.1, 0.15) is 4.32 Å². The van der Waals surface area contributed by atoms with Crippen molar-refractivity contribution in [3.05, 3.63) is 0 Å². The van der Waals surface area contributed by atoms with Gasteiger partial charge < -0.3 is 5.73 Å². The van der Waals surface area contributed by atoms with Crippen molar-refractivity contribution in [1.29, 1.82) is 0 Å². The summed E-state index contributed by atoms with van der Waals surface area (Å²) in [4.78, 5) is 0. The Morgan fingerprint density at radius 3 is 2.19 bits per heavy atom. The molecule has 0 aliphatic heterocycles. The average Bonchev–Trinajstić information content (AvgIpc) is 2.22. The molecule has 0 rings (SSSR count). The number of thiocarbonyl (C=S) groups is 1. The van der Waals surface area contributed by atoms with Crippen molar-refractivity contribution in [1.82, 2.24) is 0 Å². The molecule has 0 bridgehead atoms. The van der Waals surface area contributed by atoms with Crippen LogP contribution in [0, 0.1) is 0 Å². The summed E-state index contributed by atoms with van der Waals surface area (Å²) in [7, 11) is 0. The van der Waals surface area contributed by atoms with E-state index in [1.165, 1.54) is 44.9 Å². The van der Waals surface area contributed by atoms with Crippen LogP contribution in [0.2, 0.25) is 0 Å². The summed E-state index contributed by atoms with van der Waals surface area (Å²) in [5, 5.41) is 0. The molecule has 0 aliphatic rings. The molecule has 1 unspecified atom stereocenters. The zero-order valence-electron chi connectivity index (χ0n) is 11.1. The molecule has 1 atom stereocenters. The van der Waals surface area contributed by atoms with E-state index in [-0.39, 0.29) is 4.75 Å². The van der Waals surface area contributed by atoms with Gasteiger partial charge in [-0.3, -0.25) is 0 Å². The number of nitrogens with two attached hydrogens (primary N) is 1. The van der Waals surface area contributed by atoms with E-state index in [1.54, 1.807) is 11.8 Å². The average molecular weight is 262 g/mol. The first-order valence-electron chi connectivity index (χ1n) is 6.52. The van der Waals surface area contributed by atoms with Crippen molar-refractivity contribution in [2.24, 2.45) is 5.73 Å². The summed E-state index contributed by atoms with van der Waals surface area (Å²) >= 11 is 6.67. The number of hydrogen-bond acceptors (Lipinski definition) is 2. The lowest BCUT2D eigenvalue weighted by molar-refractivity contribution is 0.510. The van der Waals surface area contributed by atoms with Crippen molar-refractivity contribution in [3.63, 3.8) is 0 Å². The van der Waals surface area contributed by atoms with Gasteiger partial charge in [-0.25, -0.2) is 0 Å². The van der Waals surface area contributed by atoms with Crippen LogP contribution in [0.25, 0.3) is 0 Å². The van der Waals surface area contributed by atoms with E-state index in [0.717, 1.165) is 6.42 Å². The highest BCUT2D eigenvalue weighted by Crippen LogP contribution is 2.34. The SMILES string of the molecule is CCCCCCCCC(C)(CC)SC(N)=S. The Kier molecular flexibility index (Phi) is 9.43. The molecule has 1 nitrogen and oxygen atoms in total. The fraction of sp³-hybridized carbons (Fsp3) is 0.923. The molecule has 0 aliphatic carbocycles. The second-order valence-electron chi connectivity index (χ2n) is 4.74. The van der Waals surface area contributed by atoms with Gasteiger partial charge in [-0.15, -0.1) is 0 Å². The first-order valence-corrected chi connectivity index (χ1v) is 7.75. The maximum Gasteiger partial charge on any atom is 0.131 e. The molecule has 3 heteroatoms. The van der Waals surface area contributed by atoms with Crippen molar-refractivity contribution in [2.45, 2.75) is 76.9 Å². The maximum absolute atomic E-state index is 5.62. The number of hydrogen-bond donors (Lipinski definition) is 1. The normalized spacial score (nSPS) is 14.7. The van der Waals surface area contributed by atoms with Gasteiger partial charge in [0.05, 0.1) is 0 Å². The minimum atomic E-state index is 0.261. The molecule has 0 aromatic carbocycles. The van der Waals surface area contributed by atoms with Crippen LogP contribution < -0.4 is 5.73 Å². The monoisotopic (exact) mass is 261 g/mol. The van der Waals surface area contributed by atoms with Gasteiger partial charge in [0.15, 0.2) is 0 Å². The molecule has 2 N–H and O–H groups in total. The lowest BCUT2D eigenvalue weighted by Gasteiger charge is -2.26. The third-order valence-corrected chi connectivity index (χ3v) is 4.59. The molecule has 96 valence electrons. The van der Waals surface area contributed by atoms with E-state index in [0.29, 0.717) is 4.32 Å². The van der Waals surface area contributed by atoms with Crippen LogP contribution in [0.1, 0.15) is 72.1 Å². The molecule has 0 aromatic heterocycles. The van der Waals surface area contributed by atoms with Crippen molar-refractivity contribution >= 4 is 28.3 Å². The fourth-order valence-corrected chi connectivity index (χ4v) is 3.30. The summed E-state index contributed by atoms with van der Waals surface area (Å²) < 4.78 is 0.853. The van der Waals surface area contributed by atoms with E-state index < -0.39 is 0 Å². The minimum absolute atomic E-state index is 0.261. The summed E-state index contributed by atoms with van der Waals surface area (Å²) in [5.74, 6) is 0. The van der Waals surface area contributed by atoms with Crippen molar-refractivity contribution in [3.8, 4) is 0 Å². The van der Waals surface area contributed by atoms with Gasteiger partial charge in [0.25, 0.3) is 0 Å². The van der Waals surface area contributed by atoms with Crippen LogP contribution in [0.3, 0.4) is 0 Å². The molecule has 16 heavy (non-hydrogen) atoms. The predicted molar refractivity (Wildman–Crippen MR) is 81.1 cm³/mol. The molecule has 0 saturated heterocycles. The Bertz CT molecular complexity index is 194. The smallest absolute Gasteiger partial charge is 0.131 e. The van der Waals surface area contributed by atoms with Crippen LogP contribution in [-0.4, -0.2) is 9.07 Å². The topological polar surface area (TPSA) is 26.0 Å². The summed E-state index contributed by atoms with van der Waals surface area (Å²) in [6.07, 6.45) is 10.5. The van der Waals surface area contributed by atoms with Gasteiger partial charge in [-0.05, 0) is 12.8 Å². The highest BCUT2D eigenvalue weighted by molar-refractivity contribution is 8.23. The number of rotatable bonds is 9. The summed E-state index contributed by atoms with van der Waals surface area (Å²) in [6, 6.07) is 0. The molecule has 0 radical (unpaired) electrons. The Labute approximate surface area is 111 Å². The van der Waals surface area contributed by atoms with Gasteiger partial charge >= 0.3 is 0 Å². The number of thioether (sulfide) groups is 1. The largest absolute Gasteiger partial charge is 0.385 e. The lowest BCUT2D eigenvalue weighted by atomic mass is 9.99. The summed E-state index contributed by atoms with van der Waals surface area (Å²) in [5.41, 5.74) is 5.62. The van der Waals surface area contributed by atoms with E-state index >= 15 is 0 Å². The Balaban J connectivity index is 3.65. The first kappa shape index (κ1) is 16.2. The van der Waals surface area contributed by atoms with Crippen molar-refractivity contribution < 1.29 is 0 Å². The Morgan fingerprint density at radius 2 is 1.69 bits per heavy atom. The van der Waals surface area contributed by atoms with Crippen LogP contribution >= 0.6 is 24.0 Å². The predicted octanol–water partition coefficient (Wildman–Crippen LogP) is 4.88. The lowest BCUT2D eigenvalue weighted by Crippen LogP contribution is -2.23. The molecular weight excluding hydrogens is 234 g/mol. The summed E-state index contributed by atoms with van der Waals surface area (Å²) in [6.45, 7) is 6.76. The Hall–Kier alpha value is 0.240. The van der Waals surface area contributed by atoms with Crippen LogP contribution in [0.15, 0.2) is 0 Å². The zero-order chi connectivity index (χ0) is 12.4. The van der Waals surface area contributed by atoms with E-state index in [1.807, 2.05) is 0 Å². The second-order valence-corrected chi connectivity index (χ2v) is 7.07. The molecule has 0 heterocycles. The van der Waals surface area contributed by atoms with Crippen molar-refractivity contribution in [2.75, 3.05) is 0 Å². The highest BCUT2D eigenvalue weighted by atomic mass is 32.2.